The Balaban J connectivity index is 0.647. The van der Waals surface area contributed by atoms with E-state index >= 15 is 0 Å². The lowest BCUT2D eigenvalue weighted by Crippen LogP contribution is -2.09. The summed E-state index contributed by atoms with van der Waals surface area (Å²) in [5.74, 6) is 0. The summed E-state index contributed by atoms with van der Waals surface area (Å²) in [5, 5.41) is 10.1. The van der Waals surface area contributed by atoms with E-state index in [1.165, 1.54) is 121 Å². The highest BCUT2D eigenvalue weighted by molar-refractivity contribution is 6.23. The number of aryl methyl sites for hydroxylation is 2. The van der Waals surface area contributed by atoms with E-state index in [1.807, 2.05) is 0 Å². The number of fused-ring (bicyclic) bond motifs is 9. The Kier molecular flexibility index (Phi) is 13.3. The highest BCUT2D eigenvalue weighted by Crippen LogP contribution is 2.45. The van der Waals surface area contributed by atoms with Gasteiger partial charge in [-0.25, -0.2) is 0 Å². The normalized spacial score (nSPS) is 11.6. The maximum atomic E-state index is 2.39. The zero-order valence-corrected chi connectivity index (χ0v) is 51.1. The van der Waals surface area contributed by atoms with Gasteiger partial charge in [-0.1, -0.05) is 243 Å². The van der Waals surface area contributed by atoms with E-state index in [2.05, 4.69) is 373 Å². The maximum Gasteiger partial charge on any atom is 0.0568 e. The van der Waals surface area contributed by atoms with Crippen LogP contribution in [0.3, 0.4) is 0 Å². The van der Waals surface area contributed by atoms with Crippen molar-refractivity contribution in [2.75, 3.05) is 9.80 Å². The molecule has 0 aliphatic rings. The van der Waals surface area contributed by atoms with Crippen molar-refractivity contribution in [2.24, 2.45) is 14.1 Å². The van der Waals surface area contributed by atoms with E-state index in [-0.39, 0.29) is 0 Å². The molecule has 2 heterocycles. The van der Waals surface area contributed by atoms with Crippen LogP contribution in [0.25, 0.3) is 132 Å². The van der Waals surface area contributed by atoms with E-state index in [9.17, 15) is 0 Å². The lowest BCUT2D eigenvalue weighted by atomic mass is 9.95. The van der Waals surface area contributed by atoms with Crippen LogP contribution >= 0.6 is 0 Å². The SMILES string of the molecule is Cn1c2cc3ccccc3cc2c2cccc(-c3ccc(-c4ccc(N(c5ccccc5)c5cccc(-c6ccc(-c7ccc8ccc9c(c8c7)c7cccc(-c8ccc(N(c%10ccccc%10)c%10cccc(-c%11ccccc%11)c%10)cc8)c7n9C)cc6)c5)cc4)cc3)c21. The van der Waals surface area contributed by atoms with E-state index in [0.29, 0.717) is 0 Å². The lowest BCUT2D eigenvalue weighted by Gasteiger charge is -2.26. The van der Waals surface area contributed by atoms with Gasteiger partial charge in [0.2, 0.25) is 0 Å². The van der Waals surface area contributed by atoms with Crippen molar-refractivity contribution < 1.29 is 0 Å². The number of hydrogen-bond acceptors (Lipinski definition) is 2. The molecule has 2 aromatic heterocycles. The summed E-state index contributed by atoms with van der Waals surface area (Å²) < 4.78 is 4.75. The Labute approximate surface area is 535 Å². The van der Waals surface area contributed by atoms with Crippen molar-refractivity contribution in [3.63, 3.8) is 0 Å². The van der Waals surface area contributed by atoms with Gasteiger partial charge in [0.25, 0.3) is 0 Å². The van der Waals surface area contributed by atoms with Crippen LogP contribution in [0, 0.1) is 0 Å². The molecule has 0 saturated heterocycles. The van der Waals surface area contributed by atoms with Gasteiger partial charge in [0.05, 0.1) is 11.0 Å². The molecule has 15 aromatic carbocycles. The van der Waals surface area contributed by atoms with Crippen molar-refractivity contribution in [1.29, 1.82) is 0 Å². The highest BCUT2D eigenvalue weighted by atomic mass is 15.1. The van der Waals surface area contributed by atoms with Crippen LogP contribution in [0.5, 0.6) is 0 Å². The van der Waals surface area contributed by atoms with Gasteiger partial charge in [0.1, 0.15) is 0 Å². The number of para-hydroxylation sites is 4. The molecule has 0 atom stereocenters. The van der Waals surface area contributed by atoms with Gasteiger partial charge in [-0.2, -0.15) is 0 Å². The second kappa shape index (κ2) is 22.6. The highest BCUT2D eigenvalue weighted by Gasteiger charge is 2.21. The quantitative estimate of drug-likeness (QED) is 0.121. The fourth-order valence-electron chi connectivity index (χ4n) is 14.3. The third-order valence-corrected chi connectivity index (χ3v) is 18.9. The zero-order chi connectivity index (χ0) is 61.2. The first kappa shape index (κ1) is 54.2. The van der Waals surface area contributed by atoms with Gasteiger partial charge in [-0.05, 0) is 174 Å². The molecular weight excluding hydrogens is 1110 g/mol. The van der Waals surface area contributed by atoms with Crippen molar-refractivity contribution in [3.8, 4) is 66.8 Å². The Hall–Kier alpha value is -12.0. The van der Waals surface area contributed by atoms with Crippen molar-refractivity contribution in [3.05, 3.63) is 340 Å². The van der Waals surface area contributed by atoms with E-state index in [0.717, 1.165) is 45.3 Å². The first-order chi connectivity index (χ1) is 45.4. The smallest absolute Gasteiger partial charge is 0.0568 e. The van der Waals surface area contributed by atoms with Gasteiger partial charge in [0, 0.05) is 91.9 Å². The molecule has 0 spiro atoms. The molecular formula is C88H62N4. The van der Waals surface area contributed by atoms with Crippen LogP contribution in [0.2, 0.25) is 0 Å². The molecule has 17 rings (SSSR count). The number of anilines is 6. The van der Waals surface area contributed by atoms with Crippen LogP contribution in [0.1, 0.15) is 0 Å². The molecule has 0 saturated carbocycles. The first-order valence-electron chi connectivity index (χ1n) is 31.7. The Bertz CT molecular complexity index is 5610. The van der Waals surface area contributed by atoms with Crippen LogP contribution in [-0.4, -0.2) is 9.13 Å². The molecule has 0 fully saturated rings. The average Bonchev–Trinajstić information content (AvgIpc) is 1.61. The number of hydrogen-bond donors (Lipinski definition) is 0. The Morgan fingerprint density at radius 2 is 0.576 bits per heavy atom. The minimum absolute atomic E-state index is 1.09. The van der Waals surface area contributed by atoms with Crippen LogP contribution in [0.15, 0.2) is 340 Å². The van der Waals surface area contributed by atoms with E-state index in [4.69, 9.17) is 0 Å². The van der Waals surface area contributed by atoms with Crippen molar-refractivity contribution in [1.82, 2.24) is 9.13 Å². The predicted octanol–water partition coefficient (Wildman–Crippen LogP) is 24.2. The number of rotatable bonds is 12. The zero-order valence-electron chi connectivity index (χ0n) is 51.1. The van der Waals surface area contributed by atoms with Gasteiger partial charge in [0.15, 0.2) is 0 Å². The van der Waals surface area contributed by atoms with Gasteiger partial charge in [-0.3, -0.25) is 0 Å². The third-order valence-electron chi connectivity index (χ3n) is 18.9. The Morgan fingerprint density at radius 3 is 1.14 bits per heavy atom. The standard InChI is InChI=1S/C88H62N4/c1-89-84-53-48-66-42-43-71(56-82(66)86(84)81-33-17-31-79(88(81)89)65-46-51-75(52-47-65)92(73-26-10-5-11-27-73)76-28-14-22-67(54-76)59-18-6-3-7-19-59)63-36-34-62(35-37-63)68-23-15-29-77(55-68)91(72-24-8-4-9-25-72)74-49-44-61(45-50-74)60-38-40-64(41-39-60)78-30-16-32-80-83-57-69-20-12-13-21-70(69)58-85(83)90(2)87(78)80/h3-58H,1-2H3. The molecule has 0 aliphatic carbocycles. The molecule has 4 nitrogen and oxygen atoms in total. The molecule has 4 heteroatoms. The second-order valence-corrected chi connectivity index (χ2v) is 24.2. The first-order valence-corrected chi connectivity index (χ1v) is 31.7. The molecule has 0 radical (unpaired) electrons. The largest absolute Gasteiger partial charge is 0.343 e. The summed E-state index contributed by atoms with van der Waals surface area (Å²) in [5.41, 5.74) is 25.8. The predicted molar refractivity (Wildman–Crippen MR) is 391 cm³/mol. The monoisotopic (exact) mass is 1170 g/mol. The summed E-state index contributed by atoms with van der Waals surface area (Å²) in [6.45, 7) is 0. The van der Waals surface area contributed by atoms with Crippen molar-refractivity contribution >= 4 is 99.3 Å². The van der Waals surface area contributed by atoms with E-state index < -0.39 is 0 Å². The molecule has 0 aliphatic heterocycles. The summed E-state index contributed by atoms with van der Waals surface area (Å²) in [6, 6.07) is 124. The fraction of sp³-hybridized carbons (Fsp3) is 0.0227. The van der Waals surface area contributed by atoms with Crippen LogP contribution in [-0.2, 0) is 14.1 Å². The number of nitrogens with zero attached hydrogens (tertiary/aromatic N) is 4. The maximum absolute atomic E-state index is 2.39. The van der Waals surface area contributed by atoms with E-state index in [1.54, 1.807) is 0 Å². The van der Waals surface area contributed by atoms with Gasteiger partial charge < -0.3 is 18.9 Å². The Morgan fingerprint density at radius 1 is 0.207 bits per heavy atom. The molecule has 92 heavy (non-hydrogen) atoms. The average molecular weight is 1180 g/mol. The summed E-state index contributed by atoms with van der Waals surface area (Å²) in [7, 11) is 4.41. The van der Waals surface area contributed by atoms with Crippen molar-refractivity contribution in [2.45, 2.75) is 0 Å². The molecule has 0 bridgehead atoms. The molecule has 0 amide bonds. The minimum atomic E-state index is 1.09. The van der Waals surface area contributed by atoms with Gasteiger partial charge >= 0.3 is 0 Å². The fourth-order valence-corrected chi connectivity index (χ4v) is 14.3. The van der Waals surface area contributed by atoms with Gasteiger partial charge in [-0.15, -0.1) is 0 Å². The molecule has 0 unspecified atom stereocenters. The summed E-state index contributed by atoms with van der Waals surface area (Å²) >= 11 is 0. The number of aromatic nitrogens is 2. The minimum Gasteiger partial charge on any atom is -0.343 e. The summed E-state index contributed by atoms with van der Waals surface area (Å²) in [6.07, 6.45) is 0. The van der Waals surface area contributed by atoms with Crippen LogP contribution in [0.4, 0.5) is 34.1 Å². The third kappa shape index (κ3) is 9.47. The molecule has 434 valence electrons. The number of benzene rings is 15. The summed E-state index contributed by atoms with van der Waals surface area (Å²) in [4.78, 5) is 4.70. The second-order valence-electron chi connectivity index (χ2n) is 24.2. The lowest BCUT2D eigenvalue weighted by molar-refractivity contribution is 1.02. The molecule has 0 N–H and O–H groups in total. The topological polar surface area (TPSA) is 16.3 Å². The molecule has 17 aromatic rings. The van der Waals surface area contributed by atoms with Crippen LogP contribution < -0.4 is 9.80 Å².